The lowest BCUT2D eigenvalue weighted by Crippen LogP contribution is -2.21. The molecule has 0 atom stereocenters. The van der Waals surface area contributed by atoms with E-state index in [0.29, 0.717) is 5.56 Å². The third kappa shape index (κ3) is 4.88. The Morgan fingerprint density at radius 3 is 2.35 bits per heavy atom. The molecule has 0 heterocycles. The number of nitrogens with one attached hydrogen (secondary N) is 1. The Hall–Kier alpha value is -2.09. The fourth-order valence-corrected chi connectivity index (χ4v) is 1.72. The van der Waals surface area contributed by atoms with Gasteiger partial charge in [-0.1, -0.05) is 49.3 Å². The summed E-state index contributed by atoms with van der Waals surface area (Å²) in [5.41, 5.74) is 3.95. The minimum atomic E-state index is -0.0705. The number of hydrogen-bond donors (Lipinski definition) is 1. The van der Waals surface area contributed by atoms with Gasteiger partial charge in [0.15, 0.2) is 0 Å². The molecule has 0 spiro atoms. The SMILES string of the molecule is CC.CC1=CC=C(NC(=O)c2ccc(C)cc2)C=CC1. The van der Waals surface area contributed by atoms with Crippen LogP contribution in [-0.4, -0.2) is 5.91 Å². The lowest BCUT2D eigenvalue weighted by atomic mass is 10.1. The Bertz CT molecular complexity index is 533. The molecule has 0 aliphatic heterocycles. The van der Waals surface area contributed by atoms with E-state index in [-0.39, 0.29) is 5.91 Å². The van der Waals surface area contributed by atoms with Gasteiger partial charge in [-0.15, -0.1) is 0 Å². The van der Waals surface area contributed by atoms with Crippen LogP contribution in [0, 0.1) is 6.92 Å². The van der Waals surface area contributed by atoms with Crippen LogP contribution in [0.3, 0.4) is 0 Å². The van der Waals surface area contributed by atoms with Crippen molar-refractivity contribution in [3.05, 3.63) is 71.0 Å². The van der Waals surface area contributed by atoms with Crippen molar-refractivity contribution in [1.29, 1.82) is 0 Å². The van der Waals surface area contributed by atoms with E-state index in [2.05, 4.69) is 18.3 Å². The largest absolute Gasteiger partial charge is 0.322 e. The number of carbonyl (C=O) groups excluding carboxylic acids is 1. The molecule has 2 heteroatoms. The zero-order valence-electron chi connectivity index (χ0n) is 12.7. The van der Waals surface area contributed by atoms with Crippen molar-refractivity contribution in [1.82, 2.24) is 5.32 Å². The first-order valence-corrected chi connectivity index (χ1v) is 7.07. The lowest BCUT2D eigenvalue weighted by Gasteiger charge is -2.05. The molecule has 0 radical (unpaired) electrons. The number of allylic oxidation sites excluding steroid dienone is 5. The molecule has 0 aromatic heterocycles. The summed E-state index contributed by atoms with van der Waals surface area (Å²) >= 11 is 0. The molecule has 1 aromatic carbocycles. The monoisotopic (exact) mass is 269 g/mol. The molecule has 1 N–H and O–H groups in total. The van der Waals surface area contributed by atoms with Gasteiger partial charge in [0, 0.05) is 11.3 Å². The predicted octanol–water partition coefficient (Wildman–Crippen LogP) is 4.54. The van der Waals surface area contributed by atoms with E-state index in [1.165, 1.54) is 5.57 Å². The van der Waals surface area contributed by atoms with Gasteiger partial charge in [0.1, 0.15) is 0 Å². The summed E-state index contributed by atoms with van der Waals surface area (Å²) in [5, 5.41) is 2.91. The van der Waals surface area contributed by atoms with Crippen molar-refractivity contribution >= 4 is 5.91 Å². The third-order valence-corrected chi connectivity index (χ3v) is 2.86. The zero-order chi connectivity index (χ0) is 15.0. The molecular formula is C18H23NO. The van der Waals surface area contributed by atoms with Crippen LogP contribution in [0.2, 0.25) is 0 Å². The van der Waals surface area contributed by atoms with Gasteiger partial charge < -0.3 is 5.32 Å². The van der Waals surface area contributed by atoms with Gasteiger partial charge >= 0.3 is 0 Å². The molecule has 1 aliphatic rings. The van der Waals surface area contributed by atoms with E-state index in [9.17, 15) is 4.79 Å². The summed E-state index contributed by atoms with van der Waals surface area (Å²) in [6, 6.07) is 7.56. The Kier molecular flexibility index (Phi) is 6.51. The number of benzene rings is 1. The highest BCUT2D eigenvalue weighted by molar-refractivity contribution is 5.95. The lowest BCUT2D eigenvalue weighted by molar-refractivity contribution is 0.0967. The second kappa shape index (κ2) is 8.16. The van der Waals surface area contributed by atoms with E-state index >= 15 is 0 Å². The van der Waals surface area contributed by atoms with Crippen molar-refractivity contribution in [2.45, 2.75) is 34.1 Å². The summed E-state index contributed by atoms with van der Waals surface area (Å²) < 4.78 is 0. The standard InChI is InChI=1S/C16H17NO.C2H6/c1-12-4-3-5-15(11-8-12)17-16(18)14-9-6-13(2)7-10-14;1-2/h3,5-11H,4H2,1-2H3,(H,17,18);1-2H3. The van der Waals surface area contributed by atoms with Crippen LogP contribution in [0.1, 0.15) is 43.1 Å². The molecule has 1 amide bonds. The first-order chi connectivity index (χ1) is 9.65. The highest BCUT2D eigenvalue weighted by atomic mass is 16.1. The maximum absolute atomic E-state index is 12.0. The first kappa shape index (κ1) is 16.0. The Morgan fingerprint density at radius 2 is 1.70 bits per heavy atom. The van der Waals surface area contributed by atoms with Gasteiger partial charge in [0.25, 0.3) is 5.91 Å². The van der Waals surface area contributed by atoms with Crippen molar-refractivity contribution < 1.29 is 4.79 Å². The minimum Gasteiger partial charge on any atom is -0.322 e. The maximum Gasteiger partial charge on any atom is 0.255 e. The van der Waals surface area contributed by atoms with Gasteiger partial charge in [0.05, 0.1) is 0 Å². The van der Waals surface area contributed by atoms with Crippen molar-refractivity contribution in [2.75, 3.05) is 0 Å². The number of rotatable bonds is 2. The van der Waals surface area contributed by atoms with Crippen molar-refractivity contribution in [3.63, 3.8) is 0 Å². The number of hydrogen-bond acceptors (Lipinski definition) is 1. The van der Waals surface area contributed by atoms with E-state index in [4.69, 9.17) is 0 Å². The highest BCUT2D eigenvalue weighted by Crippen LogP contribution is 2.10. The van der Waals surface area contributed by atoms with E-state index in [0.717, 1.165) is 17.7 Å². The molecule has 2 nitrogen and oxygen atoms in total. The molecule has 1 aromatic rings. The van der Waals surface area contributed by atoms with Crippen molar-refractivity contribution in [2.24, 2.45) is 0 Å². The van der Waals surface area contributed by atoms with Crippen LogP contribution in [0.25, 0.3) is 0 Å². The van der Waals surface area contributed by atoms with Crippen molar-refractivity contribution in [3.8, 4) is 0 Å². The molecule has 106 valence electrons. The fraction of sp³-hybridized carbons (Fsp3) is 0.278. The molecule has 0 bridgehead atoms. The second-order valence-electron chi connectivity index (χ2n) is 4.56. The first-order valence-electron chi connectivity index (χ1n) is 7.07. The average Bonchev–Trinajstić information content (AvgIpc) is 2.67. The number of amides is 1. The number of carbonyl (C=O) groups is 1. The van der Waals surface area contributed by atoms with E-state index in [1.54, 1.807) is 0 Å². The quantitative estimate of drug-likeness (QED) is 0.839. The Morgan fingerprint density at radius 1 is 1.05 bits per heavy atom. The van der Waals surface area contributed by atoms with Gasteiger partial charge in [-0.3, -0.25) is 4.79 Å². The summed E-state index contributed by atoms with van der Waals surface area (Å²) in [4.78, 5) is 12.0. The molecule has 2 rings (SSSR count). The van der Waals surface area contributed by atoms with Gasteiger partial charge in [-0.05, 0) is 44.6 Å². The third-order valence-electron chi connectivity index (χ3n) is 2.86. The summed E-state index contributed by atoms with van der Waals surface area (Å²) in [5.74, 6) is -0.0705. The van der Waals surface area contributed by atoms with E-state index < -0.39 is 0 Å². The van der Waals surface area contributed by atoms with Crippen LogP contribution in [-0.2, 0) is 0 Å². The van der Waals surface area contributed by atoms with Gasteiger partial charge in [-0.2, -0.15) is 0 Å². The summed E-state index contributed by atoms with van der Waals surface area (Å²) in [7, 11) is 0. The van der Waals surface area contributed by atoms with Crippen LogP contribution in [0.15, 0.2) is 59.8 Å². The average molecular weight is 269 g/mol. The predicted molar refractivity (Wildman–Crippen MR) is 85.6 cm³/mol. The second-order valence-corrected chi connectivity index (χ2v) is 4.56. The summed E-state index contributed by atoms with van der Waals surface area (Å²) in [6.45, 7) is 8.08. The number of aryl methyl sites for hydroxylation is 1. The van der Waals surface area contributed by atoms with Crippen LogP contribution in [0.4, 0.5) is 0 Å². The molecule has 0 saturated heterocycles. The molecular weight excluding hydrogens is 246 g/mol. The van der Waals surface area contributed by atoms with Gasteiger partial charge in [-0.25, -0.2) is 0 Å². The minimum absolute atomic E-state index is 0.0705. The topological polar surface area (TPSA) is 29.1 Å². The zero-order valence-corrected chi connectivity index (χ0v) is 12.7. The molecule has 20 heavy (non-hydrogen) atoms. The van der Waals surface area contributed by atoms with Crippen LogP contribution >= 0.6 is 0 Å². The molecule has 0 saturated carbocycles. The van der Waals surface area contributed by atoms with E-state index in [1.807, 2.05) is 63.3 Å². The summed E-state index contributed by atoms with van der Waals surface area (Å²) in [6.07, 6.45) is 8.90. The normalized spacial score (nSPS) is 13.4. The van der Waals surface area contributed by atoms with Crippen LogP contribution in [0.5, 0.6) is 0 Å². The molecule has 0 unspecified atom stereocenters. The van der Waals surface area contributed by atoms with Crippen LogP contribution < -0.4 is 5.32 Å². The molecule has 1 aliphatic carbocycles. The Balaban J connectivity index is 0.000000956. The fourth-order valence-electron chi connectivity index (χ4n) is 1.72. The molecule has 0 fully saturated rings. The highest BCUT2D eigenvalue weighted by Gasteiger charge is 2.06. The Labute approximate surface area is 121 Å². The maximum atomic E-state index is 12.0. The van der Waals surface area contributed by atoms with Gasteiger partial charge in [0.2, 0.25) is 0 Å². The smallest absolute Gasteiger partial charge is 0.255 e.